The number of halogens is 1. The molecule has 0 spiro atoms. The topological polar surface area (TPSA) is 72.8 Å². The molecule has 0 radical (unpaired) electrons. The Bertz CT molecular complexity index is 573. The number of hydrogen-bond acceptors (Lipinski definition) is 5. The van der Waals surface area contributed by atoms with E-state index in [9.17, 15) is 14.7 Å². The molecule has 0 heterocycles. The molecule has 27 heavy (non-hydrogen) atoms. The van der Waals surface area contributed by atoms with Gasteiger partial charge in [-0.25, -0.2) is 9.59 Å². The van der Waals surface area contributed by atoms with Crippen LogP contribution in [-0.2, 0) is 19.1 Å². The van der Waals surface area contributed by atoms with Crippen molar-refractivity contribution in [1.29, 1.82) is 0 Å². The lowest BCUT2D eigenvalue weighted by molar-refractivity contribution is -0.920. The number of aliphatic hydroxyl groups is 1. The van der Waals surface area contributed by atoms with Gasteiger partial charge in [-0.05, 0) is 26.7 Å². The van der Waals surface area contributed by atoms with Crippen molar-refractivity contribution in [3.63, 3.8) is 0 Å². The lowest BCUT2D eigenvalue weighted by Crippen LogP contribution is -3.00. The Hall–Kier alpha value is -1.89. The Morgan fingerprint density at radius 1 is 1.19 bits per heavy atom. The van der Waals surface area contributed by atoms with Gasteiger partial charge in [-0.1, -0.05) is 37.5 Å². The van der Waals surface area contributed by atoms with Gasteiger partial charge in [0.05, 0.1) is 27.7 Å². The minimum absolute atomic E-state index is 0. The van der Waals surface area contributed by atoms with E-state index < -0.39 is 24.3 Å². The first kappa shape index (κ1) is 27.3. The SMILES string of the molecule is C=CC=CCC(=CCC(=C)C(=O)OC(C(C)O)[N+](C)(C)C)C(=O)OCC.[Cl-]. The molecule has 0 rings (SSSR count). The summed E-state index contributed by atoms with van der Waals surface area (Å²) in [6.07, 6.45) is 5.69. The van der Waals surface area contributed by atoms with Crippen molar-refractivity contribution < 1.29 is 41.1 Å². The van der Waals surface area contributed by atoms with Crippen molar-refractivity contribution in [1.82, 2.24) is 0 Å². The number of ether oxygens (including phenoxy) is 2. The summed E-state index contributed by atoms with van der Waals surface area (Å²) in [4.78, 5) is 24.2. The molecule has 0 saturated heterocycles. The van der Waals surface area contributed by atoms with Crippen molar-refractivity contribution in [3.05, 3.63) is 48.6 Å². The average Bonchev–Trinajstić information content (AvgIpc) is 2.53. The highest BCUT2D eigenvalue weighted by atomic mass is 35.5. The van der Waals surface area contributed by atoms with Gasteiger partial charge in [0.1, 0.15) is 6.10 Å². The fourth-order valence-electron chi connectivity index (χ4n) is 2.19. The summed E-state index contributed by atoms with van der Waals surface area (Å²) in [7, 11) is 5.45. The van der Waals surface area contributed by atoms with Crippen LogP contribution in [0, 0.1) is 0 Å². The fraction of sp³-hybridized carbons (Fsp3) is 0.500. The van der Waals surface area contributed by atoms with E-state index in [4.69, 9.17) is 9.47 Å². The molecule has 0 saturated carbocycles. The Labute approximate surface area is 168 Å². The second-order valence-corrected chi connectivity index (χ2v) is 6.78. The third kappa shape index (κ3) is 10.8. The van der Waals surface area contributed by atoms with Gasteiger partial charge in [0.25, 0.3) is 6.23 Å². The molecule has 0 amide bonds. The van der Waals surface area contributed by atoms with Crippen LogP contribution >= 0.6 is 0 Å². The molecule has 0 aromatic rings. The van der Waals surface area contributed by atoms with Crippen molar-refractivity contribution in [2.75, 3.05) is 27.7 Å². The van der Waals surface area contributed by atoms with Crippen molar-refractivity contribution in [3.8, 4) is 0 Å². The summed E-state index contributed by atoms with van der Waals surface area (Å²) in [5, 5.41) is 9.84. The number of quaternary nitrogens is 1. The van der Waals surface area contributed by atoms with Crippen LogP contribution in [0.3, 0.4) is 0 Å². The first-order chi connectivity index (χ1) is 12.0. The van der Waals surface area contributed by atoms with Gasteiger partial charge in [0.2, 0.25) is 0 Å². The lowest BCUT2D eigenvalue weighted by atomic mass is 10.1. The molecular formula is C20H32ClNO5. The van der Waals surface area contributed by atoms with E-state index in [1.807, 2.05) is 21.1 Å². The maximum Gasteiger partial charge on any atom is 0.338 e. The van der Waals surface area contributed by atoms with Crippen LogP contribution in [0.15, 0.2) is 48.6 Å². The minimum Gasteiger partial charge on any atom is -1.00 e. The molecule has 0 aliphatic rings. The van der Waals surface area contributed by atoms with E-state index in [2.05, 4.69) is 13.2 Å². The third-order valence-electron chi connectivity index (χ3n) is 3.43. The average molecular weight is 402 g/mol. The molecule has 2 unspecified atom stereocenters. The zero-order valence-electron chi connectivity index (χ0n) is 16.9. The van der Waals surface area contributed by atoms with E-state index in [1.165, 1.54) is 0 Å². The highest BCUT2D eigenvalue weighted by molar-refractivity contribution is 5.90. The monoisotopic (exact) mass is 401 g/mol. The fourth-order valence-corrected chi connectivity index (χ4v) is 2.19. The summed E-state index contributed by atoms with van der Waals surface area (Å²) in [6.45, 7) is 10.9. The number of hydrogen-bond donors (Lipinski definition) is 1. The summed E-state index contributed by atoms with van der Waals surface area (Å²) >= 11 is 0. The van der Waals surface area contributed by atoms with Crippen LogP contribution in [0.4, 0.5) is 0 Å². The third-order valence-corrected chi connectivity index (χ3v) is 3.43. The Balaban J connectivity index is 0. The lowest BCUT2D eigenvalue weighted by Gasteiger charge is -2.34. The number of nitrogens with zero attached hydrogens (tertiary/aromatic N) is 1. The number of carbonyl (C=O) groups excluding carboxylic acids is 2. The normalized spacial score (nSPS) is 14.1. The molecule has 0 aromatic heterocycles. The highest BCUT2D eigenvalue weighted by Crippen LogP contribution is 2.15. The number of allylic oxidation sites excluding steroid dienone is 4. The summed E-state index contributed by atoms with van der Waals surface area (Å²) < 4.78 is 10.7. The van der Waals surface area contributed by atoms with Gasteiger partial charge >= 0.3 is 11.9 Å². The zero-order valence-corrected chi connectivity index (χ0v) is 17.7. The highest BCUT2D eigenvalue weighted by Gasteiger charge is 2.33. The van der Waals surface area contributed by atoms with E-state index in [0.29, 0.717) is 12.0 Å². The van der Waals surface area contributed by atoms with Crippen molar-refractivity contribution in [2.45, 2.75) is 39.0 Å². The number of likely N-dealkylation sites (N-methyl/N-ethyl adjacent to an activating group) is 1. The van der Waals surface area contributed by atoms with Crippen LogP contribution < -0.4 is 12.4 Å². The van der Waals surface area contributed by atoms with Crippen LogP contribution in [0.2, 0.25) is 0 Å². The largest absolute Gasteiger partial charge is 1.00 e. The molecule has 2 atom stereocenters. The predicted octanol–water partition coefficient (Wildman–Crippen LogP) is -0.485. The Morgan fingerprint density at radius 3 is 2.22 bits per heavy atom. The van der Waals surface area contributed by atoms with Gasteiger partial charge in [-0.15, -0.1) is 0 Å². The molecule has 0 aliphatic carbocycles. The quantitative estimate of drug-likeness (QED) is 0.166. The second-order valence-electron chi connectivity index (χ2n) is 6.78. The number of aliphatic hydroxyl groups excluding tert-OH is 1. The smallest absolute Gasteiger partial charge is 0.338 e. The minimum atomic E-state index is -0.832. The van der Waals surface area contributed by atoms with Crippen LogP contribution in [0.1, 0.15) is 26.7 Å². The number of esters is 2. The first-order valence-corrected chi connectivity index (χ1v) is 8.56. The molecule has 154 valence electrons. The molecule has 7 heteroatoms. The predicted molar refractivity (Wildman–Crippen MR) is 102 cm³/mol. The van der Waals surface area contributed by atoms with E-state index in [0.717, 1.165) is 0 Å². The summed E-state index contributed by atoms with van der Waals surface area (Å²) in [5.74, 6) is -1.04. The molecule has 0 aliphatic heterocycles. The summed E-state index contributed by atoms with van der Waals surface area (Å²) in [6, 6.07) is 0. The van der Waals surface area contributed by atoms with Gasteiger partial charge in [-0.2, -0.15) is 0 Å². The summed E-state index contributed by atoms with van der Waals surface area (Å²) in [5.41, 5.74) is 0.621. The Kier molecular flexibility index (Phi) is 13.5. The van der Waals surface area contributed by atoms with Crippen molar-refractivity contribution >= 4 is 11.9 Å². The van der Waals surface area contributed by atoms with Gasteiger partial charge in [-0.3, -0.25) is 4.48 Å². The molecule has 6 nitrogen and oxygen atoms in total. The van der Waals surface area contributed by atoms with Gasteiger partial charge in [0.15, 0.2) is 0 Å². The molecule has 0 fully saturated rings. The molecule has 1 N–H and O–H groups in total. The van der Waals surface area contributed by atoms with E-state index in [-0.39, 0.29) is 35.5 Å². The van der Waals surface area contributed by atoms with Crippen LogP contribution in [0.25, 0.3) is 0 Å². The van der Waals surface area contributed by atoms with Crippen molar-refractivity contribution in [2.24, 2.45) is 0 Å². The van der Waals surface area contributed by atoms with Gasteiger partial charge in [0, 0.05) is 11.1 Å². The van der Waals surface area contributed by atoms with E-state index in [1.54, 1.807) is 38.2 Å². The molecule has 0 aromatic carbocycles. The van der Waals surface area contributed by atoms with Gasteiger partial charge < -0.3 is 27.0 Å². The zero-order chi connectivity index (χ0) is 20.3. The first-order valence-electron chi connectivity index (χ1n) is 8.56. The number of carbonyl (C=O) groups is 2. The van der Waals surface area contributed by atoms with Crippen LogP contribution in [-0.4, -0.2) is 61.6 Å². The maximum atomic E-state index is 12.3. The molecular weight excluding hydrogens is 370 g/mol. The second kappa shape index (κ2) is 13.3. The van der Waals surface area contributed by atoms with E-state index >= 15 is 0 Å². The standard InChI is InChI=1S/C20H32NO5.ClH/c1-8-10-11-12-17(20(24)25-9-2)14-13-15(3)19(23)26-18(16(4)22)21(5,6)7;/h8,10-11,14,16,18,22H,1,3,9,12-13H2,2,4-7H3;1H/q+1;/p-1. The maximum absolute atomic E-state index is 12.3. The van der Waals surface area contributed by atoms with Crippen LogP contribution in [0.5, 0.6) is 0 Å². The molecule has 0 bridgehead atoms. The Morgan fingerprint density at radius 2 is 1.78 bits per heavy atom. The number of rotatable bonds is 11.